The van der Waals surface area contributed by atoms with Gasteiger partial charge in [0.15, 0.2) is 5.78 Å². The number of hydrogen-bond acceptors (Lipinski definition) is 2. The largest absolute Gasteiger partial charge is 0.295 e. The molecule has 0 bridgehead atoms. The van der Waals surface area contributed by atoms with E-state index in [1.807, 2.05) is 75.4 Å². The third kappa shape index (κ3) is 4.27. The van der Waals surface area contributed by atoms with Crippen LogP contribution in [0.2, 0.25) is 0 Å². The van der Waals surface area contributed by atoms with Crippen molar-refractivity contribution in [3.63, 3.8) is 0 Å². The number of Topliss-reactive ketones (excluding diaryl/α,β-unsaturated/α-hetero) is 1. The molecule has 0 N–H and O–H groups in total. The highest BCUT2D eigenvalue weighted by Crippen LogP contribution is 2.30. The molecular formula is C20H24NO2. The van der Waals surface area contributed by atoms with Gasteiger partial charge in [0, 0.05) is 11.1 Å². The van der Waals surface area contributed by atoms with Gasteiger partial charge in [-0.1, -0.05) is 54.6 Å². The van der Waals surface area contributed by atoms with E-state index >= 15 is 0 Å². The van der Waals surface area contributed by atoms with Gasteiger partial charge in [0.2, 0.25) is 0 Å². The van der Waals surface area contributed by atoms with Gasteiger partial charge >= 0.3 is 0 Å². The normalized spacial score (nSPS) is 13.1. The summed E-state index contributed by atoms with van der Waals surface area (Å²) in [7, 11) is 0. The zero-order valence-electron chi connectivity index (χ0n) is 14.2. The van der Waals surface area contributed by atoms with E-state index < -0.39 is 5.54 Å². The van der Waals surface area contributed by atoms with E-state index in [0.29, 0.717) is 12.0 Å². The Morgan fingerprint density at radius 3 is 2.13 bits per heavy atom. The second-order valence-corrected chi connectivity index (χ2v) is 6.84. The van der Waals surface area contributed by atoms with Crippen molar-refractivity contribution in [3.05, 3.63) is 71.3 Å². The molecule has 0 fully saturated rings. The number of hydrogen-bond donors (Lipinski definition) is 0. The Labute approximate surface area is 138 Å². The van der Waals surface area contributed by atoms with Gasteiger partial charge in [-0.3, -0.25) is 4.79 Å². The van der Waals surface area contributed by atoms with Gasteiger partial charge in [-0.05, 0) is 45.2 Å². The third-order valence-electron chi connectivity index (χ3n) is 3.94. The van der Waals surface area contributed by atoms with Crippen molar-refractivity contribution >= 4 is 5.78 Å². The zero-order chi connectivity index (χ0) is 17.0. The molecule has 0 saturated carbocycles. The van der Waals surface area contributed by atoms with Gasteiger partial charge < -0.3 is 0 Å². The monoisotopic (exact) mass is 310 g/mol. The Morgan fingerprint density at radius 1 is 1.00 bits per heavy atom. The quantitative estimate of drug-likeness (QED) is 0.597. The molecule has 23 heavy (non-hydrogen) atoms. The third-order valence-corrected chi connectivity index (χ3v) is 3.94. The van der Waals surface area contributed by atoms with Crippen molar-refractivity contribution < 1.29 is 10.0 Å². The second kappa shape index (κ2) is 7.07. The number of nitrogens with zero attached hydrogens (tertiary/aromatic N) is 1. The first-order valence-corrected chi connectivity index (χ1v) is 7.91. The lowest BCUT2D eigenvalue weighted by atomic mass is 9.92. The maximum atomic E-state index is 12.9. The average molecular weight is 310 g/mol. The van der Waals surface area contributed by atoms with Crippen LogP contribution in [0.3, 0.4) is 0 Å². The minimum atomic E-state index is -0.508. The summed E-state index contributed by atoms with van der Waals surface area (Å²) < 4.78 is 0. The molecule has 121 valence electrons. The molecule has 3 nitrogen and oxygen atoms in total. The predicted molar refractivity (Wildman–Crippen MR) is 91.6 cm³/mol. The lowest BCUT2D eigenvalue weighted by molar-refractivity contribution is -0.241. The van der Waals surface area contributed by atoms with E-state index in [9.17, 15) is 10.0 Å². The van der Waals surface area contributed by atoms with Gasteiger partial charge in [-0.2, -0.15) is 0 Å². The number of rotatable bonds is 5. The van der Waals surface area contributed by atoms with Gasteiger partial charge in [-0.25, -0.2) is 0 Å². The molecule has 0 aliphatic carbocycles. The fourth-order valence-electron chi connectivity index (χ4n) is 2.73. The minimum absolute atomic E-state index is 0.0284. The van der Waals surface area contributed by atoms with Crippen LogP contribution in [-0.4, -0.2) is 16.4 Å². The van der Waals surface area contributed by atoms with Gasteiger partial charge in [-0.15, -0.1) is 10.3 Å². The predicted octanol–water partition coefficient (Wildman–Crippen LogP) is 4.62. The number of hydroxylamine groups is 2. The fourth-order valence-corrected chi connectivity index (χ4v) is 2.73. The van der Waals surface area contributed by atoms with Gasteiger partial charge in [0.05, 0.1) is 6.04 Å². The van der Waals surface area contributed by atoms with Crippen LogP contribution in [0, 0.1) is 0 Å². The van der Waals surface area contributed by atoms with Crippen molar-refractivity contribution in [1.29, 1.82) is 0 Å². The van der Waals surface area contributed by atoms with Crippen LogP contribution in [0.1, 0.15) is 55.2 Å². The highest BCUT2D eigenvalue weighted by Gasteiger charge is 2.31. The van der Waals surface area contributed by atoms with Crippen LogP contribution in [0.4, 0.5) is 0 Å². The van der Waals surface area contributed by atoms with Crippen molar-refractivity contribution in [2.24, 2.45) is 0 Å². The first-order chi connectivity index (χ1) is 10.8. The number of ketones is 1. The highest BCUT2D eigenvalue weighted by atomic mass is 16.5. The lowest BCUT2D eigenvalue weighted by Crippen LogP contribution is -2.41. The summed E-state index contributed by atoms with van der Waals surface area (Å²) in [5.41, 5.74) is 2.07. The summed E-state index contributed by atoms with van der Waals surface area (Å²) in [6, 6.07) is 17.0. The molecule has 1 unspecified atom stereocenters. The highest BCUT2D eigenvalue weighted by molar-refractivity contribution is 5.95. The fraction of sp³-hybridized carbons (Fsp3) is 0.350. The maximum absolute atomic E-state index is 12.9. The SMILES string of the molecule is CC(=O)c1ccccc1CC(c1ccccc1)N([O])C(C)(C)C. The number of carbonyl (C=O) groups excluding carboxylic acids is 1. The Balaban J connectivity index is 2.42. The molecule has 0 spiro atoms. The minimum Gasteiger partial charge on any atom is -0.295 e. The Kier molecular flexibility index (Phi) is 5.34. The average Bonchev–Trinajstić information content (AvgIpc) is 2.52. The summed E-state index contributed by atoms with van der Waals surface area (Å²) in [6.45, 7) is 7.29. The first-order valence-electron chi connectivity index (χ1n) is 7.91. The Bertz CT molecular complexity index is 659. The molecule has 2 aromatic rings. The molecule has 0 heterocycles. The molecule has 2 aromatic carbocycles. The van der Waals surface area contributed by atoms with Crippen LogP contribution in [0.5, 0.6) is 0 Å². The molecule has 0 aliphatic rings. The molecule has 3 heteroatoms. The Hall–Kier alpha value is -1.97. The standard InChI is InChI=1S/C20H24NO2/c1-15(22)18-13-9-8-12-17(18)14-19(21(23)20(2,3)4)16-10-6-5-7-11-16/h5-13,19H,14H2,1-4H3. The molecule has 0 aromatic heterocycles. The van der Waals surface area contributed by atoms with Crippen molar-refractivity contribution in [2.75, 3.05) is 0 Å². The summed E-state index contributed by atoms with van der Waals surface area (Å²) in [4.78, 5) is 11.9. The van der Waals surface area contributed by atoms with E-state index in [1.54, 1.807) is 6.92 Å². The van der Waals surface area contributed by atoms with E-state index in [2.05, 4.69) is 0 Å². The molecular weight excluding hydrogens is 286 g/mol. The van der Waals surface area contributed by atoms with E-state index in [-0.39, 0.29) is 11.8 Å². The van der Waals surface area contributed by atoms with Crippen molar-refractivity contribution in [2.45, 2.75) is 45.7 Å². The van der Waals surface area contributed by atoms with E-state index in [4.69, 9.17) is 0 Å². The summed E-state index contributed by atoms with van der Waals surface area (Å²) in [5, 5.41) is 14.0. The number of carbonyl (C=O) groups is 1. The van der Waals surface area contributed by atoms with Crippen LogP contribution in [0.25, 0.3) is 0 Å². The first kappa shape index (κ1) is 17.4. The van der Waals surface area contributed by atoms with Gasteiger partial charge in [0.1, 0.15) is 0 Å². The van der Waals surface area contributed by atoms with Crippen LogP contribution in [0.15, 0.2) is 54.6 Å². The number of benzene rings is 2. The topological polar surface area (TPSA) is 40.2 Å². The molecule has 0 aliphatic heterocycles. The smallest absolute Gasteiger partial charge is 0.160 e. The van der Waals surface area contributed by atoms with Crippen LogP contribution in [-0.2, 0) is 11.6 Å². The van der Waals surface area contributed by atoms with E-state index in [0.717, 1.165) is 16.2 Å². The van der Waals surface area contributed by atoms with Crippen LogP contribution < -0.4 is 0 Å². The molecule has 2 rings (SSSR count). The van der Waals surface area contributed by atoms with Crippen LogP contribution >= 0.6 is 0 Å². The maximum Gasteiger partial charge on any atom is 0.160 e. The second-order valence-electron chi connectivity index (χ2n) is 6.84. The molecule has 0 saturated heterocycles. The summed E-state index contributed by atoms with van der Waals surface area (Å²) in [5.74, 6) is 0.0284. The summed E-state index contributed by atoms with van der Waals surface area (Å²) >= 11 is 0. The van der Waals surface area contributed by atoms with Gasteiger partial charge in [0.25, 0.3) is 0 Å². The van der Waals surface area contributed by atoms with Crippen molar-refractivity contribution in [3.8, 4) is 0 Å². The molecule has 1 atom stereocenters. The Morgan fingerprint density at radius 2 is 1.57 bits per heavy atom. The molecule has 1 radical (unpaired) electrons. The zero-order valence-corrected chi connectivity index (χ0v) is 14.2. The van der Waals surface area contributed by atoms with Crippen molar-refractivity contribution in [1.82, 2.24) is 5.06 Å². The van der Waals surface area contributed by atoms with E-state index in [1.165, 1.54) is 0 Å². The lowest BCUT2D eigenvalue weighted by Gasteiger charge is -2.35. The summed E-state index contributed by atoms with van der Waals surface area (Å²) in [6.07, 6.45) is 0.514. The molecule has 0 amide bonds.